The molecule has 3 rings (SSSR count). The Kier molecular flexibility index (Phi) is 3.06. The van der Waals surface area contributed by atoms with Crippen LogP contribution < -0.4 is 9.47 Å². The van der Waals surface area contributed by atoms with Crippen molar-refractivity contribution in [2.45, 2.75) is 13.3 Å². The molecule has 1 aliphatic rings. The van der Waals surface area contributed by atoms with Crippen LogP contribution in [0.4, 0.5) is 0 Å². The van der Waals surface area contributed by atoms with Crippen molar-refractivity contribution in [3.8, 4) is 17.2 Å². The fourth-order valence-electron chi connectivity index (χ4n) is 2.12. The number of benzene rings is 1. The van der Waals surface area contributed by atoms with E-state index in [1.807, 2.05) is 25.1 Å². The molecule has 1 aromatic heterocycles. The van der Waals surface area contributed by atoms with E-state index >= 15 is 0 Å². The molecule has 20 heavy (non-hydrogen) atoms. The predicted molar refractivity (Wildman–Crippen MR) is 70.9 cm³/mol. The summed E-state index contributed by atoms with van der Waals surface area (Å²) in [7, 11) is 0. The maximum absolute atomic E-state index is 11.0. The van der Waals surface area contributed by atoms with Crippen LogP contribution in [0.5, 0.6) is 11.5 Å². The van der Waals surface area contributed by atoms with Gasteiger partial charge in [-0.2, -0.15) is 5.10 Å². The lowest BCUT2D eigenvalue weighted by atomic mass is 10.2. The lowest BCUT2D eigenvalue weighted by Crippen LogP contribution is -2.03. The second-order valence-electron chi connectivity index (χ2n) is 4.57. The number of aromatic nitrogens is 2. The fraction of sp³-hybridized carbons (Fsp3) is 0.286. The molecule has 0 fully saturated rings. The second-order valence-corrected chi connectivity index (χ2v) is 4.57. The molecule has 0 spiro atoms. The van der Waals surface area contributed by atoms with E-state index in [1.54, 1.807) is 4.68 Å². The molecule has 1 N–H and O–H groups in total. The van der Waals surface area contributed by atoms with Crippen LogP contribution in [-0.4, -0.2) is 34.1 Å². The van der Waals surface area contributed by atoms with Crippen molar-refractivity contribution >= 4 is 5.97 Å². The monoisotopic (exact) mass is 274 g/mol. The topological polar surface area (TPSA) is 73.6 Å². The van der Waals surface area contributed by atoms with Gasteiger partial charge in [0, 0.05) is 18.2 Å². The van der Waals surface area contributed by atoms with E-state index in [0.29, 0.717) is 24.7 Å². The normalized spacial score (nSPS) is 13.8. The number of hydrogen-bond donors (Lipinski definition) is 1. The van der Waals surface area contributed by atoms with Gasteiger partial charge in [0.25, 0.3) is 0 Å². The van der Waals surface area contributed by atoms with Gasteiger partial charge in [-0.1, -0.05) is 0 Å². The second kappa shape index (κ2) is 4.88. The third kappa shape index (κ3) is 2.20. The highest BCUT2D eigenvalue weighted by molar-refractivity contribution is 5.85. The lowest BCUT2D eigenvalue weighted by Gasteiger charge is -2.10. The summed E-state index contributed by atoms with van der Waals surface area (Å²) in [6, 6.07) is 6.99. The maximum Gasteiger partial charge on any atom is 0.356 e. The first-order valence-electron chi connectivity index (χ1n) is 6.35. The zero-order chi connectivity index (χ0) is 14.1. The Labute approximate surface area is 115 Å². The summed E-state index contributed by atoms with van der Waals surface area (Å²) in [5.74, 6) is 0.322. The van der Waals surface area contributed by atoms with Crippen LogP contribution in [0.25, 0.3) is 5.69 Å². The number of hydrogen-bond acceptors (Lipinski definition) is 4. The smallest absolute Gasteiger partial charge is 0.356 e. The minimum Gasteiger partial charge on any atom is -0.490 e. The molecule has 104 valence electrons. The molecule has 1 aliphatic heterocycles. The summed E-state index contributed by atoms with van der Waals surface area (Å²) in [6.45, 7) is 3.05. The Morgan fingerprint density at radius 2 is 2.00 bits per heavy atom. The largest absolute Gasteiger partial charge is 0.490 e. The average Bonchev–Trinajstić information content (AvgIpc) is 2.68. The lowest BCUT2D eigenvalue weighted by molar-refractivity contribution is 0.0690. The van der Waals surface area contributed by atoms with E-state index in [0.717, 1.165) is 17.8 Å². The molecule has 0 saturated carbocycles. The van der Waals surface area contributed by atoms with Gasteiger partial charge < -0.3 is 14.6 Å². The fourth-order valence-corrected chi connectivity index (χ4v) is 2.12. The van der Waals surface area contributed by atoms with Gasteiger partial charge in [0.2, 0.25) is 0 Å². The summed E-state index contributed by atoms with van der Waals surface area (Å²) < 4.78 is 12.8. The van der Waals surface area contributed by atoms with Crippen LogP contribution in [0, 0.1) is 6.92 Å². The number of aromatic carboxylic acids is 1. The minimum absolute atomic E-state index is 0.0228. The molecule has 2 aromatic rings. The Morgan fingerprint density at radius 1 is 1.25 bits per heavy atom. The molecular formula is C14H14N2O4. The number of fused-ring (bicyclic) bond motifs is 1. The minimum atomic E-state index is -1.04. The van der Waals surface area contributed by atoms with Crippen molar-refractivity contribution in [3.63, 3.8) is 0 Å². The Bertz CT molecular complexity index is 663. The van der Waals surface area contributed by atoms with Gasteiger partial charge >= 0.3 is 5.97 Å². The highest BCUT2D eigenvalue weighted by Crippen LogP contribution is 2.31. The first-order chi connectivity index (χ1) is 9.65. The number of aryl methyl sites for hydroxylation is 1. The van der Waals surface area contributed by atoms with E-state index in [2.05, 4.69) is 5.10 Å². The molecule has 2 heterocycles. The molecule has 0 amide bonds. The van der Waals surface area contributed by atoms with Gasteiger partial charge in [0.1, 0.15) is 0 Å². The van der Waals surface area contributed by atoms with Gasteiger partial charge in [-0.05, 0) is 25.1 Å². The Hall–Kier alpha value is -2.50. The Balaban J connectivity index is 2.02. The van der Waals surface area contributed by atoms with Gasteiger partial charge in [-0.15, -0.1) is 0 Å². The molecule has 1 aromatic carbocycles. The van der Waals surface area contributed by atoms with E-state index in [9.17, 15) is 4.79 Å². The van der Waals surface area contributed by atoms with Crippen molar-refractivity contribution in [2.75, 3.05) is 13.2 Å². The van der Waals surface area contributed by atoms with Crippen molar-refractivity contribution in [2.24, 2.45) is 0 Å². The first kappa shape index (κ1) is 12.5. The van der Waals surface area contributed by atoms with Gasteiger partial charge in [0.15, 0.2) is 17.2 Å². The molecule has 0 saturated heterocycles. The average molecular weight is 274 g/mol. The van der Waals surface area contributed by atoms with Crippen molar-refractivity contribution in [1.82, 2.24) is 9.78 Å². The zero-order valence-corrected chi connectivity index (χ0v) is 11.0. The van der Waals surface area contributed by atoms with Crippen LogP contribution in [0.1, 0.15) is 22.6 Å². The molecular weight excluding hydrogens is 260 g/mol. The van der Waals surface area contributed by atoms with Crippen LogP contribution in [-0.2, 0) is 0 Å². The number of ether oxygens (including phenoxy) is 2. The summed E-state index contributed by atoms with van der Waals surface area (Å²) in [6.07, 6.45) is 0.841. The van der Waals surface area contributed by atoms with E-state index in [-0.39, 0.29) is 5.69 Å². The number of carbonyl (C=O) groups is 1. The van der Waals surface area contributed by atoms with E-state index < -0.39 is 5.97 Å². The molecule has 6 nitrogen and oxygen atoms in total. The third-order valence-electron chi connectivity index (χ3n) is 3.08. The summed E-state index contributed by atoms with van der Waals surface area (Å²) in [4.78, 5) is 11.0. The maximum atomic E-state index is 11.0. The molecule has 0 atom stereocenters. The number of nitrogens with zero attached hydrogens (tertiary/aromatic N) is 2. The van der Waals surface area contributed by atoms with E-state index in [4.69, 9.17) is 14.6 Å². The first-order valence-corrected chi connectivity index (χ1v) is 6.35. The van der Waals surface area contributed by atoms with Gasteiger partial charge in [-0.25, -0.2) is 9.48 Å². The highest BCUT2D eigenvalue weighted by atomic mass is 16.5. The highest BCUT2D eigenvalue weighted by Gasteiger charge is 2.15. The molecule has 0 radical (unpaired) electrons. The number of rotatable bonds is 2. The number of carboxylic acids is 1. The van der Waals surface area contributed by atoms with Crippen LogP contribution in [0.2, 0.25) is 0 Å². The van der Waals surface area contributed by atoms with Crippen molar-refractivity contribution in [1.29, 1.82) is 0 Å². The van der Waals surface area contributed by atoms with Gasteiger partial charge in [0.05, 0.1) is 18.9 Å². The van der Waals surface area contributed by atoms with Crippen molar-refractivity contribution in [3.05, 3.63) is 35.7 Å². The van der Waals surface area contributed by atoms with Crippen LogP contribution >= 0.6 is 0 Å². The summed E-state index contributed by atoms with van der Waals surface area (Å²) in [5, 5.41) is 13.1. The predicted octanol–water partition coefficient (Wildman–Crippen LogP) is 2.04. The SMILES string of the molecule is Cc1cc(C(=O)O)nn1-c1ccc2c(c1)OCCCO2. The summed E-state index contributed by atoms with van der Waals surface area (Å²) >= 11 is 0. The molecule has 6 heteroatoms. The molecule has 0 bridgehead atoms. The van der Waals surface area contributed by atoms with Crippen LogP contribution in [0.3, 0.4) is 0 Å². The Morgan fingerprint density at radius 3 is 2.70 bits per heavy atom. The summed E-state index contributed by atoms with van der Waals surface area (Å²) in [5.41, 5.74) is 1.52. The zero-order valence-electron chi connectivity index (χ0n) is 11.0. The third-order valence-corrected chi connectivity index (χ3v) is 3.08. The van der Waals surface area contributed by atoms with E-state index in [1.165, 1.54) is 6.07 Å². The number of carboxylic acid groups (broad SMARTS) is 1. The molecule has 0 aliphatic carbocycles. The van der Waals surface area contributed by atoms with Crippen molar-refractivity contribution < 1.29 is 19.4 Å². The standard InChI is InChI=1S/C14H14N2O4/c1-9-7-11(14(17)18)15-16(9)10-3-4-12-13(8-10)20-6-2-5-19-12/h3-4,7-8H,2,5-6H2,1H3,(H,17,18). The van der Waals surface area contributed by atoms with Gasteiger partial charge in [-0.3, -0.25) is 0 Å². The van der Waals surface area contributed by atoms with Crippen LogP contribution in [0.15, 0.2) is 24.3 Å². The quantitative estimate of drug-likeness (QED) is 0.907. The molecule has 0 unspecified atom stereocenters.